The monoisotopic (exact) mass is 277 g/mol. The van der Waals surface area contributed by atoms with Crippen molar-refractivity contribution in [3.63, 3.8) is 0 Å². The predicted molar refractivity (Wildman–Crippen MR) is 65.2 cm³/mol. The molecule has 0 bridgehead atoms. The third-order valence-corrected chi connectivity index (χ3v) is 4.10. The zero-order valence-electron chi connectivity index (χ0n) is 10.8. The van der Waals surface area contributed by atoms with Crippen LogP contribution in [0.15, 0.2) is 0 Å². The van der Waals surface area contributed by atoms with Crippen LogP contribution in [0.4, 0.5) is 4.79 Å². The summed E-state index contributed by atoms with van der Waals surface area (Å²) in [6.07, 6.45) is 0.197. The van der Waals surface area contributed by atoms with E-state index in [2.05, 4.69) is 9.44 Å². The molecular weight excluding hydrogens is 258 g/mol. The number of hydrogen-bond donors (Lipinski definition) is 2. The molecule has 0 aromatic heterocycles. The summed E-state index contributed by atoms with van der Waals surface area (Å²) in [5.41, 5.74) is -0.540. The van der Waals surface area contributed by atoms with Crippen molar-refractivity contribution in [2.75, 3.05) is 13.1 Å². The molecule has 7 nitrogen and oxygen atoms in total. The van der Waals surface area contributed by atoms with E-state index in [0.717, 1.165) is 0 Å². The second-order valence-electron chi connectivity index (χ2n) is 5.67. The molecule has 2 fully saturated rings. The molecule has 2 atom stereocenters. The average molecular weight is 277 g/mol. The molecule has 0 aromatic rings. The first-order valence-electron chi connectivity index (χ1n) is 5.94. The Labute approximate surface area is 107 Å². The smallest absolute Gasteiger partial charge is 0.410 e. The van der Waals surface area contributed by atoms with E-state index in [9.17, 15) is 13.2 Å². The van der Waals surface area contributed by atoms with Crippen molar-refractivity contribution >= 4 is 16.3 Å². The average Bonchev–Trinajstić information content (AvgIpc) is 2.47. The zero-order valence-corrected chi connectivity index (χ0v) is 11.6. The van der Waals surface area contributed by atoms with Crippen LogP contribution in [-0.4, -0.2) is 50.2 Å². The summed E-state index contributed by atoms with van der Waals surface area (Å²) in [5.74, 6) is 0. The van der Waals surface area contributed by atoms with Gasteiger partial charge in [0.1, 0.15) is 5.60 Å². The third-order valence-electron chi connectivity index (χ3n) is 2.88. The number of carbonyl (C=O) groups excluding carboxylic acids is 1. The summed E-state index contributed by atoms with van der Waals surface area (Å²) < 4.78 is 33.0. The van der Waals surface area contributed by atoms with Gasteiger partial charge in [0.05, 0.1) is 6.04 Å². The molecule has 0 unspecified atom stereocenters. The zero-order chi connectivity index (χ0) is 13.6. The number of nitrogens with zero attached hydrogens (tertiary/aromatic N) is 1. The Morgan fingerprint density at radius 3 is 2.50 bits per heavy atom. The molecule has 0 saturated carbocycles. The van der Waals surface area contributed by atoms with Gasteiger partial charge in [-0.05, 0) is 27.2 Å². The van der Waals surface area contributed by atoms with Crippen LogP contribution in [0.5, 0.6) is 0 Å². The number of piperidine rings is 1. The van der Waals surface area contributed by atoms with E-state index in [1.54, 1.807) is 25.7 Å². The van der Waals surface area contributed by atoms with E-state index in [4.69, 9.17) is 4.74 Å². The second-order valence-corrected chi connectivity index (χ2v) is 7.15. The SMILES string of the molecule is CC(C)(C)OC(=O)N1CC[C@@H]2NS(=O)(=O)N[C@@H]2C1. The molecule has 0 aromatic carbocycles. The maximum atomic E-state index is 11.9. The van der Waals surface area contributed by atoms with E-state index >= 15 is 0 Å². The highest BCUT2D eigenvalue weighted by Crippen LogP contribution is 2.19. The fourth-order valence-corrected chi connectivity index (χ4v) is 3.52. The van der Waals surface area contributed by atoms with Crippen molar-refractivity contribution in [1.29, 1.82) is 0 Å². The molecule has 2 saturated heterocycles. The van der Waals surface area contributed by atoms with Crippen molar-refractivity contribution in [3.05, 3.63) is 0 Å². The van der Waals surface area contributed by atoms with Crippen molar-refractivity contribution in [2.45, 2.75) is 44.9 Å². The second kappa shape index (κ2) is 4.36. The quantitative estimate of drug-likeness (QED) is 0.642. The molecule has 0 aliphatic carbocycles. The van der Waals surface area contributed by atoms with Gasteiger partial charge in [0.25, 0.3) is 10.2 Å². The van der Waals surface area contributed by atoms with E-state index in [1.807, 2.05) is 0 Å². The number of nitrogens with one attached hydrogen (secondary N) is 2. The van der Waals surface area contributed by atoms with Crippen molar-refractivity contribution in [1.82, 2.24) is 14.3 Å². The van der Waals surface area contributed by atoms with Crippen LogP contribution in [0.25, 0.3) is 0 Å². The van der Waals surface area contributed by atoms with Crippen molar-refractivity contribution in [2.24, 2.45) is 0 Å². The molecule has 0 radical (unpaired) electrons. The highest BCUT2D eigenvalue weighted by molar-refractivity contribution is 7.87. The van der Waals surface area contributed by atoms with Crippen molar-refractivity contribution < 1.29 is 17.9 Å². The molecule has 0 spiro atoms. The Bertz CT molecular complexity index is 443. The summed E-state index contributed by atoms with van der Waals surface area (Å²) in [5, 5.41) is 0. The van der Waals surface area contributed by atoms with Gasteiger partial charge < -0.3 is 9.64 Å². The molecule has 104 valence electrons. The van der Waals surface area contributed by atoms with E-state index < -0.39 is 21.9 Å². The van der Waals surface area contributed by atoms with Gasteiger partial charge in [-0.15, -0.1) is 0 Å². The van der Waals surface area contributed by atoms with Gasteiger partial charge in [-0.3, -0.25) is 0 Å². The van der Waals surface area contributed by atoms with Gasteiger partial charge in [0.15, 0.2) is 0 Å². The maximum Gasteiger partial charge on any atom is 0.410 e. The van der Waals surface area contributed by atoms with Crippen LogP contribution >= 0.6 is 0 Å². The van der Waals surface area contributed by atoms with Crippen LogP contribution in [0.3, 0.4) is 0 Å². The number of rotatable bonds is 0. The highest BCUT2D eigenvalue weighted by atomic mass is 32.2. The Kier molecular flexibility index (Phi) is 3.28. The third kappa shape index (κ3) is 3.12. The lowest BCUT2D eigenvalue weighted by atomic mass is 10.0. The largest absolute Gasteiger partial charge is 0.444 e. The summed E-state index contributed by atoms with van der Waals surface area (Å²) in [4.78, 5) is 13.4. The van der Waals surface area contributed by atoms with Crippen LogP contribution in [-0.2, 0) is 14.9 Å². The minimum atomic E-state index is -3.39. The van der Waals surface area contributed by atoms with Gasteiger partial charge in [-0.1, -0.05) is 0 Å². The first kappa shape index (κ1) is 13.6. The predicted octanol–water partition coefficient (Wildman–Crippen LogP) is -0.198. The lowest BCUT2D eigenvalue weighted by Gasteiger charge is -2.34. The molecule has 2 heterocycles. The molecule has 2 rings (SSSR count). The number of fused-ring (bicyclic) bond motifs is 1. The minimum absolute atomic E-state index is 0.131. The Balaban J connectivity index is 1.97. The number of amides is 1. The maximum absolute atomic E-state index is 11.9. The molecule has 2 N–H and O–H groups in total. The normalized spacial score (nSPS) is 30.9. The first-order valence-corrected chi connectivity index (χ1v) is 7.42. The number of carbonyl (C=O) groups is 1. The first-order chi connectivity index (χ1) is 8.16. The summed E-state index contributed by atoms with van der Waals surface area (Å²) in [7, 11) is -3.39. The molecule has 18 heavy (non-hydrogen) atoms. The van der Waals surface area contributed by atoms with Gasteiger partial charge in [-0.2, -0.15) is 17.9 Å². The van der Waals surface area contributed by atoms with E-state index in [0.29, 0.717) is 19.5 Å². The van der Waals surface area contributed by atoms with Crippen LogP contribution in [0.1, 0.15) is 27.2 Å². The number of ether oxygens (including phenoxy) is 1. The van der Waals surface area contributed by atoms with Crippen LogP contribution < -0.4 is 9.44 Å². The molecule has 8 heteroatoms. The van der Waals surface area contributed by atoms with Gasteiger partial charge in [0.2, 0.25) is 0 Å². The Morgan fingerprint density at radius 1 is 1.28 bits per heavy atom. The van der Waals surface area contributed by atoms with Gasteiger partial charge >= 0.3 is 6.09 Å². The fourth-order valence-electron chi connectivity index (χ4n) is 2.14. The lowest BCUT2D eigenvalue weighted by molar-refractivity contribution is 0.0185. The number of hydrogen-bond acceptors (Lipinski definition) is 4. The van der Waals surface area contributed by atoms with E-state index in [-0.39, 0.29) is 12.1 Å². The topological polar surface area (TPSA) is 87.7 Å². The van der Waals surface area contributed by atoms with Crippen LogP contribution in [0.2, 0.25) is 0 Å². The van der Waals surface area contributed by atoms with E-state index in [1.165, 1.54) is 0 Å². The molecule has 2 aliphatic rings. The van der Waals surface area contributed by atoms with Crippen LogP contribution in [0, 0.1) is 0 Å². The van der Waals surface area contributed by atoms with Crippen molar-refractivity contribution in [3.8, 4) is 0 Å². The van der Waals surface area contributed by atoms with Gasteiger partial charge in [-0.25, -0.2) is 4.79 Å². The Morgan fingerprint density at radius 2 is 1.89 bits per heavy atom. The highest BCUT2D eigenvalue weighted by Gasteiger charge is 2.41. The molecule has 2 aliphatic heterocycles. The fraction of sp³-hybridized carbons (Fsp3) is 0.900. The number of likely N-dealkylation sites (tertiary alicyclic amines) is 1. The Hall–Kier alpha value is -0.860. The summed E-state index contributed by atoms with van der Waals surface area (Å²) in [6, 6.07) is -0.398. The summed E-state index contributed by atoms with van der Waals surface area (Å²) in [6.45, 7) is 6.25. The molecule has 1 amide bonds. The van der Waals surface area contributed by atoms with Gasteiger partial charge in [0, 0.05) is 19.1 Å². The summed E-state index contributed by atoms with van der Waals surface area (Å²) >= 11 is 0. The molecular formula is C10H19N3O4S. The minimum Gasteiger partial charge on any atom is -0.444 e. The lowest BCUT2D eigenvalue weighted by Crippen LogP contribution is -2.53. The standard InChI is InChI=1S/C10H19N3O4S/c1-10(2,3)17-9(14)13-5-4-7-8(6-13)12-18(15,16)11-7/h7-8,11-12H,4-6H2,1-3H3/t7-,8+/m0/s1.